The number of para-hydroxylation sites is 1. The Balaban J connectivity index is 1.41. The SMILES string of the molecule is Cc1cccc2cc(CNc3ccc4nc(-c5cccnc5)[nH]c4c3)c(=O)[nH]c12. The molecule has 0 amide bonds. The number of pyridine rings is 2. The highest BCUT2D eigenvalue weighted by molar-refractivity contribution is 5.83. The van der Waals surface area contributed by atoms with E-state index in [1.807, 2.05) is 61.5 Å². The fourth-order valence-electron chi connectivity index (χ4n) is 3.52. The van der Waals surface area contributed by atoms with Crippen molar-refractivity contribution in [3.8, 4) is 11.4 Å². The molecule has 5 aromatic rings. The van der Waals surface area contributed by atoms with E-state index in [1.165, 1.54) is 0 Å². The van der Waals surface area contributed by atoms with Gasteiger partial charge in [0.15, 0.2) is 0 Å². The van der Waals surface area contributed by atoms with Crippen molar-refractivity contribution in [2.45, 2.75) is 13.5 Å². The molecule has 5 rings (SSSR count). The van der Waals surface area contributed by atoms with Gasteiger partial charge in [-0.3, -0.25) is 9.78 Å². The average Bonchev–Trinajstić information content (AvgIpc) is 3.17. The van der Waals surface area contributed by atoms with Crippen LogP contribution >= 0.6 is 0 Å². The molecule has 0 fully saturated rings. The van der Waals surface area contributed by atoms with E-state index in [9.17, 15) is 4.79 Å². The number of imidazole rings is 1. The molecule has 0 aliphatic rings. The maximum Gasteiger partial charge on any atom is 0.253 e. The van der Waals surface area contributed by atoms with E-state index in [0.29, 0.717) is 12.1 Å². The summed E-state index contributed by atoms with van der Waals surface area (Å²) in [6, 6.07) is 17.7. The molecule has 3 aromatic heterocycles. The van der Waals surface area contributed by atoms with Gasteiger partial charge >= 0.3 is 0 Å². The molecule has 0 bridgehead atoms. The third-order valence-corrected chi connectivity index (χ3v) is 5.06. The predicted octanol–water partition coefficient (Wildman–Crippen LogP) is 4.39. The van der Waals surface area contributed by atoms with Crippen molar-refractivity contribution < 1.29 is 0 Å². The molecular formula is C23H19N5O. The van der Waals surface area contributed by atoms with Gasteiger partial charge in [-0.15, -0.1) is 0 Å². The van der Waals surface area contributed by atoms with E-state index in [4.69, 9.17) is 0 Å². The number of benzene rings is 2. The van der Waals surface area contributed by atoms with Crippen LogP contribution in [-0.4, -0.2) is 19.9 Å². The van der Waals surface area contributed by atoms with Crippen molar-refractivity contribution in [3.63, 3.8) is 0 Å². The van der Waals surface area contributed by atoms with Gasteiger partial charge in [0, 0.05) is 35.8 Å². The van der Waals surface area contributed by atoms with Crippen LogP contribution in [0.1, 0.15) is 11.1 Å². The van der Waals surface area contributed by atoms with Crippen LogP contribution in [0.4, 0.5) is 5.69 Å². The smallest absolute Gasteiger partial charge is 0.253 e. The Morgan fingerprint density at radius 1 is 1.03 bits per heavy atom. The van der Waals surface area contributed by atoms with Crippen molar-refractivity contribution in [1.29, 1.82) is 0 Å². The van der Waals surface area contributed by atoms with Crippen LogP contribution in [0.5, 0.6) is 0 Å². The largest absolute Gasteiger partial charge is 0.381 e. The monoisotopic (exact) mass is 381 g/mol. The molecule has 142 valence electrons. The molecule has 0 unspecified atom stereocenters. The van der Waals surface area contributed by atoms with Crippen LogP contribution in [0.3, 0.4) is 0 Å². The summed E-state index contributed by atoms with van der Waals surface area (Å²) >= 11 is 0. The van der Waals surface area contributed by atoms with E-state index in [1.54, 1.807) is 12.4 Å². The van der Waals surface area contributed by atoms with E-state index in [0.717, 1.165) is 44.6 Å². The van der Waals surface area contributed by atoms with Crippen LogP contribution in [-0.2, 0) is 6.54 Å². The number of aromatic amines is 2. The van der Waals surface area contributed by atoms with Crippen molar-refractivity contribution >= 4 is 27.6 Å². The number of aromatic nitrogens is 4. The third kappa shape index (κ3) is 3.25. The fourth-order valence-corrected chi connectivity index (χ4v) is 3.52. The fraction of sp³-hybridized carbons (Fsp3) is 0.0870. The van der Waals surface area contributed by atoms with Crippen molar-refractivity contribution in [1.82, 2.24) is 19.9 Å². The number of fused-ring (bicyclic) bond motifs is 2. The molecule has 0 atom stereocenters. The maximum atomic E-state index is 12.5. The summed E-state index contributed by atoms with van der Waals surface area (Å²) in [7, 11) is 0. The first-order valence-electron chi connectivity index (χ1n) is 9.43. The Bertz CT molecular complexity index is 1390. The Morgan fingerprint density at radius 3 is 2.83 bits per heavy atom. The van der Waals surface area contributed by atoms with E-state index in [-0.39, 0.29) is 5.56 Å². The highest BCUT2D eigenvalue weighted by atomic mass is 16.1. The van der Waals surface area contributed by atoms with E-state index >= 15 is 0 Å². The molecule has 3 N–H and O–H groups in total. The summed E-state index contributed by atoms with van der Waals surface area (Å²) in [4.78, 5) is 27.6. The van der Waals surface area contributed by atoms with Crippen molar-refractivity contribution in [2.24, 2.45) is 0 Å². The molecule has 0 saturated carbocycles. The zero-order valence-electron chi connectivity index (χ0n) is 15.9. The average molecular weight is 381 g/mol. The second-order valence-corrected chi connectivity index (χ2v) is 7.08. The van der Waals surface area contributed by atoms with Gasteiger partial charge in [0.25, 0.3) is 5.56 Å². The minimum atomic E-state index is -0.0687. The molecule has 6 heteroatoms. The Kier molecular flexibility index (Phi) is 4.09. The zero-order valence-corrected chi connectivity index (χ0v) is 15.9. The van der Waals surface area contributed by atoms with Crippen LogP contribution in [0, 0.1) is 6.92 Å². The van der Waals surface area contributed by atoms with Crippen molar-refractivity contribution in [2.75, 3.05) is 5.32 Å². The number of H-pyrrole nitrogens is 2. The van der Waals surface area contributed by atoms with Gasteiger partial charge in [-0.1, -0.05) is 18.2 Å². The molecule has 0 aliphatic heterocycles. The molecule has 0 radical (unpaired) electrons. The van der Waals surface area contributed by atoms with Crippen LogP contribution < -0.4 is 10.9 Å². The van der Waals surface area contributed by atoms with Crippen LogP contribution in [0.25, 0.3) is 33.3 Å². The Hall–Kier alpha value is -3.93. The first kappa shape index (κ1) is 17.2. The molecule has 0 aliphatic carbocycles. The van der Waals surface area contributed by atoms with Gasteiger partial charge in [-0.05, 0) is 54.3 Å². The lowest BCUT2D eigenvalue weighted by atomic mass is 10.1. The number of anilines is 1. The van der Waals surface area contributed by atoms with Gasteiger partial charge in [-0.2, -0.15) is 0 Å². The molecular weight excluding hydrogens is 362 g/mol. The lowest BCUT2D eigenvalue weighted by Crippen LogP contribution is -2.16. The lowest BCUT2D eigenvalue weighted by Gasteiger charge is -2.08. The normalized spacial score (nSPS) is 11.2. The topological polar surface area (TPSA) is 86.5 Å². The molecule has 0 saturated heterocycles. The van der Waals surface area contributed by atoms with Gasteiger partial charge in [0.05, 0.1) is 16.6 Å². The lowest BCUT2D eigenvalue weighted by molar-refractivity contribution is 1.09. The summed E-state index contributed by atoms with van der Waals surface area (Å²) in [6.45, 7) is 2.43. The first-order chi connectivity index (χ1) is 14.2. The summed E-state index contributed by atoms with van der Waals surface area (Å²) in [5.41, 5.74) is 6.25. The Labute approximate surface area is 166 Å². The van der Waals surface area contributed by atoms with E-state index in [2.05, 4.69) is 25.3 Å². The standard InChI is InChI=1S/C23H19N5O/c1-14-4-2-5-15-10-17(23(29)28-21(14)15)13-25-18-7-8-19-20(11-18)27-22(26-19)16-6-3-9-24-12-16/h2-12,25H,13H2,1H3,(H,26,27)(H,28,29). The number of nitrogens with one attached hydrogen (secondary N) is 3. The van der Waals surface area contributed by atoms with Crippen LogP contribution in [0.2, 0.25) is 0 Å². The highest BCUT2D eigenvalue weighted by Crippen LogP contribution is 2.23. The zero-order chi connectivity index (χ0) is 19.8. The third-order valence-electron chi connectivity index (χ3n) is 5.06. The van der Waals surface area contributed by atoms with Gasteiger partial charge in [-0.25, -0.2) is 4.98 Å². The van der Waals surface area contributed by atoms with Crippen LogP contribution in [0.15, 0.2) is 71.8 Å². The maximum absolute atomic E-state index is 12.5. The Morgan fingerprint density at radius 2 is 1.97 bits per heavy atom. The first-order valence-corrected chi connectivity index (χ1v) is 9.43. The van der Waals surface area contributed by atoms with Gasteiger partial charge < -0.3 is 15.3 Å². The van der Waals surface area contributed by atoms with Crippen molar-refractivity contribution in [3.05, 3.63) is 88.5 Å². The minimum absolute atomic E-state index is 0.0687. The highest BCUT2D eigenvalue weighted by Gasteiger charge is 2.08. The summed E-state index contributed by atoms with van der Waals surface area (Å²) in [5.74, 6) is 0.784. The molecule has 3 heterocycles. The number of nitrogens with zero attached hydrogens (tertiary/aromatic N) is 2. The summed E-state index contributed by atoms with van der Waals surface area (Å²) in [5, 5.41) is 4.38. The van der Waals surface area contributed by atoms with Gasteiger partial charge in [0.2, 0.25) is 0 Å². The van der Waals surface area contributed by atoms with E-state index < -0.39 is 0 Å². The second-order valence-electron chi connectivity index (χ2n) is 7.08. The molecule has 2 aromatic carbocycles. The molecule has 29 heavy (non-hydrogen) atoms. The molecule has 6 nitrogen and oxygen atoms in total. The summed E-state index contributed by atoms with van der Waals surface area (Å²) < 4.78 is 0. The number of hydrogen-bond donors (Lipinski definition) is 3. The van der Waals surface area contributed by atoms with Gasteiger partial charge in [0.1, 0.15) is 5.82 Å². The predicted molar refractivity (Wildman–Crippen MR) is 116 cm³/mol. The molecule has 0 spiro atoms. The summed E-state index contributed by atoms with van der Waals surface area (Å²) in [6.07, 6.45) is 3.52. The second kappa shape index (κ2) is 6.91. The number of hydrogen-bond acceptors (Lipinski definition) is 4. The number of rotatable bonds is 4. The minimum Gasteiger partial charge on any atom is -0.381 e. The quantitative estimate of drug-likeness (QED) is 0.431. The number of aryl methyl sites for hydroxylation is 1.